The van der Waals surface area contributed by atoms with E-state index in [0.29, 0.717) is 23.7 Å². The molecule has 0 aromatic heterocycles. The van der Waals surface area contributed by atoms with E-state index in [4.69, 9.17) is 4.43 Å². The summed E-state index contributed by atoms with van der Waals surface area (Å²) in [6.45, 7) is 26.3. The molecule has 3 aliphatic carbocycles. The van der Waals surface area contributed by atoms with Gasteiger partial charge in [0.05, 0.1) is 5.60 Å². The zero-order valence-corrected chi connectivity index (χ0v) is 22.3. The van der Waals surface area contributed by atoms with Gasteiger partial charge < -0.3 is 9.53 Å². The van der Waals surface area contributed by atoms with Crippen LogP contribution in [0.1, 0.15) is 87.0 Å². The lowest BCUT2D eigenvalue weighted by molar-refractivity contribution is -0.0609. The molecule has 6 atom stereocenters. The normalized spacial score (nSPS) is 38.5. The molecule has 0 unspecified atom stereocenters. The molecule has 0 radical (unpaired) electrons. The average molecular weight is 433 g/mol. The second kappa shape index (κ2) is 7.88. The highest BCUT2D eigenvalue weighted by Gasteiger charge is 2.62. The van der Waals surface area contributed by atoms with Crippen LogP contribution in [0.4, 0.5) is 0 Å². The van der Waals surface area contributed by atoms with E-state index in [0.717, 1.165) is 32.3 Å². The van der Waals surface area contributed by atoms with Gasteiger partial charge in [0.1, 0.15) is 0 Å². The molecule has 3 heteroatoms. The van der Waals surface area contributed by atoms with Crippen LogP contribution in [-0.2, 0) is 4.43 Å². The molecule has 2 nitrogen and oxygen atoms in total. The SMILES string of the molecule is C=C1[C@H]2CC[C@]1(C)[C@@](O)(C1=C(C)CC[C@@H]1[C@@H](C)CCO[Si](C)(C)C(C)(C)C)C[C@@H]2C. The minimum Gasteiger partial charge on any atom is -0.417 e. The quantitative estimate of drug-likeness (QED) is 0.348. The van der Waals surface area contributed by atoms with Crippen LogP contribution < -0.4 is 0 Å². The van der Waals surface area contributed by atoms with Crippen molar-refractivity contribution < 1.29 is 9.53 Å². The van der Waals surface area contributed by atoms with Gasteiger partial charge in [-0.25, -0.2) is 0 Å². The van der Waals surface area contributed by atoms with E-state index in [2.05, 4.69) is 68.1 Å². The van der Waals surface area contributed by atoms with Crippen molar-refractivity contribution in [1.29, 1.82) is 0 Å². The first kappa shape index (κ1) is 24.3. The molecular weight excluding hydrogens is 384 g/mol. The Morgan fingerprint density at radius 2 is 1.90 bits per heavy atom. The minimum absolute atomic E-state index is 0.152. The molecule has 2 saturated carbocycles. The first-order valence-electron chi connectivity index (χ1n) is 12.4. The molecule has 0 aromatic rings. The number of hydrogen-bond acceptors (Lipinski definition) is 2. The van der Waals surface area contributed by atoms with Gasteiger partial charge >= 0.3 is 0 Å². The molecule has 1 N–H and O–H groups in total. The summed E-state index contributed by atoms with van der Waals surface area (Å²) in [7, 11) is -1.70. The van der Waals surface area contributed by atoms with Crippen LogP contribution in [0.5, 0.6) is 0 Å². The molecule has 3 rings (SSSR count). The second-order valence-corrected chi connectivity index (χ2v) is 17.6. The van der Waals surface area contributed by atoms with Crippen molar-refractivity contribution in [3.8, 4) is 0 Å². The molecule has 0 spiro atoms. The minimum atomic E-state index is -1.70. The monoisotopic (exact) mass is 432 g/mol. The Morgan fingerprint density at radius 3 is 2.50 bits per heavy atom. The summed E-state index contributed by atoms with van der Waals surface area (Å²) in [6, 6.07) is 0. The second-order valence-electron chi connectivity index (χ2n) is 12.8. The van der Waals surface area contributed by atoms with Gasteiger partial charge in [-0.3, -0.25) is 0 Å². The molecule has 0 amide bonds. The molecule has 3 aliphatic rings. The number of allylic oxidation sites excluding steroid dienone is 1. The Bertz CT molecular complexity index is 715. The standard InChI is InChI=1S/C27H48O2Si/c1-18(14-16-29-30(9,10)25(5,6)7)23-12-11-19(2)24(23)27(28)17-20(3)22-13-15-26(27,8)21(22)4/h18,20,22-23,28H,4,11-17H2,1-3,5-10H3/t18-,20-,22-,23+,26-,27-/m0/s1. The maximum Gasteiger partial charge on any atom is 0.191 e. The smallest absolute Gasteiger partial charge is 0.191 e. The van der Waals surface area contributed by atoms with Crippen LogP contribution in [0.25, 0.3) is 0 Å². The van der Waals surface area contributed by atoms with Crippen molar-refractivity contribution in [2.24, 2.45) is 29.1 Å². The van der Waals surface area contributed by atoms with Crippen LogP contribution in [0.15, 0.2) is 23.3 Å². The first-order valence-corrected chi connectivity index (χ1v) is 15.3. The van der Waals surface area contributed by atoms with Crippen LogP contribution >= 0.6 is 0 Å². The van der Waals surface area contributed by atoms with E-state index in [9.17, 15) is 5.11 Å². The van der Waals surface area contributed by atoms with E-state index >= 15 is 0 Å². The van der Waals surface area contributed by atoms with Gasteiger partial charge in [-0.1, -0.05) is 59.3 Å². The zero-order valence-electron chi connectivity index (χ0n) is 21.3. The van der Waals surface area contributed by atoms with Crippen LogP contribution in [-0.4, -0.2) is 25.6 Å². The Balaban J connectivity index is 1.78. The number of hydrogen-bond donors (Lipinski definition) is 1. The molecule has 30 heavy (non-hydrogen) atoms. The summed E-state index contributed by atoms with van der Waals surface area (Å²) < 4.78 is 6.51. The van der Waals surface area contributed by atoms with E-state index in [1.54, 1.807) is 0 Å². The lowest BCUT2D eigenvalue weighted by atomic mass is 9.55. The molecule has 0 saturated heterocycles. The summed E-state index contributed by atoms with van der Waals surface area (Å²) in [5.41, 5.74) is 3.30. The van der Waals surface area contributed by atoms with Crippen molar-refractivity contribution in [1.82, 2.24) is 0 Å². The van der Waals surface area contributed by atoms with Crippen LogP contribution in [0, 0.1) is 29.1 Å². The van der Waals surface area contributed by atoms with Gasteiger partial charge in [0.15, 0.2) is 8.32 Å². The number of rotatable bonds is 6. The van der Waals surface area contributed by atoms with Crippen molar-refractivity contribution in [2.45, 2.75) is 111 Å². The largest absolute Gasteiger partial charge is 0.417 e. The Kier molecular flexibility index (Phi) is 6.38. The van der Waals surface area contributed by atoms with Crippen LogP contribution in [0.3, 0.4) is 0 Å². The summed E-state index contributed by atoms with van der Waals surface area (Å²) in [5, 5.41) is 12.6. The van der Waals surface area contributed by atoms with Gasteiger partial charge in [0.25, 0.3) is 0 Å². The average Bonchev–Trinajstić information content (AvgIpc) is 3.12. The predicted octanol–water partition coefficient (Wildman–Crippen LogP) is 7.50. The third kappa shape index (κ3) is 3.71. The maximum atomic E-state index is 12.4. The fourth-order valence-corrected chi connectivity index (χ4v) is 7.70. The van der Waals surface area contributed by atoms with E-state index in [1.165, 1.54) is 29.6 Å². The molecule has 0 heterocycles. The van der Waals surface area contributed by atoms with Gasteiger partial charge in [-0.2, -0.15) is 0 Å². The molecule has 2 bridgehead atoms. The lowest BCUT2D eigenvalue weighted by Gasteiger charge is -2.53. The number of aliphatic hydroxyl groups is 1. The fourth-order valence-electron chi connectivity index (χ4n) is 6.64. The molecule has 0 aromatic carbocycles. The third-order valence-electron chi connectivity index (χ3n) is 9.96. The topological polar surface area (TPSA) is 29.5 Å². The fraction of sp³-hybridized carbons (Fsp3) is 0.852. The Morgan fingerprint density at radius 1 is 1.27 bits per heavy atom. The highest BCUT2D eigenvalue weighted by molar-refractivity contribution is 6.74. The Hall–Kier alpha value is -0.383. The Labute approximate surface area is 187 Å². The highest BCUT2D eigenvalue weighted by atomic mass is 28.4. The highest BCUT2D eigenvalue weighted by Crippen LogP contribution is 2.65. The van der Waals surface area contributed by atoms with Gasteiger partial charge in [0.2, 0.25) is 0 Å². The van der Waals surface area contributed by atoms with Crippen molar-refractivity contribution >= 4 is 8.32 Å². The number of fused-ring (bicyclic) bond motifs is 2. The third-order valence-corrected chi connectivity index (χ3v) is 14.5. The van der Waals surface area contributed by atoms with Gasteiger partial charge in [0, 0.05) is 12.0 Å². The van der Waals surface area contributed by atoms with Gasteiger partial charge in [-0.15, -0.1) is 0 Å². The summed E-state index contributed by atoms with van der Waals surface area (Å²) in [4.78, 5) is 0. The lowest BCUT2D eigenvalue weighted by Crippen LogP contribution is -2.53. The predicted molar refractivity (Wildman–Crippen MR) is 131 cm³/mol. The molecule has 0 aliphatic heterocycles. The summed E-state index contributed by atoms with van der Waals surface area (Å²) >= 11 is 0. The molecule has 172 valence electrons. The molecule has 2 fully saturated rings. The van der Waals surface area contributed by atoms with E-state index in [-0.39, 0.29) is 10.5 Å². The maximum absolute atomic E-state index is 12.4. The summed E-state index contributed by atoms with van der Waals surface area (Å²) in [5.74, 6) is 2.15. The van der Waals surface area contributed by atoms with Crippen LogP contribution in [0.2, 0.25) is 18.1 Å². The van der Waals surface area contributed by atoms with E-state index in [1.807, 2.05) is 0 Å². The van der Waals surface area contributed by atoms with Crippen molar-refractivity contribution in [2.75, 3.05) is 6.61 Å². The van der Waals surface area contributed by atoms with Crippen molar-refractivity contribution in [3.05, 3.63) is 23.3 Å². The summed E-state index contributed by atoms with van der Waals surface area (Å²) in [6.07, 6.45) is 6.60. The van der Waals surface area contributed by atoms with Crippen molar-refractivity contribution in [3.63, 3.8) is 0 Å². The molecular formula is C27H48O2Si. The van der Waals surface area contributed by atoms with Gasteiger partial charge in [-0.05, 0) is 92.8 Å². The first-order chi connectivity index (χ1) is 13.7. The van der Waals surface area contributed by atoms with E-state index < -0.39 is 13.9 Å². The zero-order chi connectivity index (χ0) is 22.7.